The molecule has 122 valence electrons. The maximum absolute atomic E-state index is 12.4. The van der Waals surface area contributed by atoms with Crippen LogP contribution in [0.25, 0.3) is 0 Å². The lowest BCUT2D eigenvalue weighted by Crippen LogP contribution is -2.53. The third kappa shape index (κ3) is 3.70. The Hall–Kier alpha value is -0.920. The topological polar surface area (TPSA) is 63.7 Å². The number of ether oxygens (including phenoxy) is 1. The fourth-order valence-electron chi connectivity index (χ4n) is 3.20. The Morgan fingerprint density at radius 1 is 1.36 bits per heavy atom. The van der Waals surface area contributed by atoms with Gasteiger partial charge in [0.2, 0.25) is 5.91 Å². The molecule has 1 amide bonds. The highest BCUT2D eigenvalue weighted by atomic mass is 32.2. The van der Waals surface area contributed by atoms with Crippen LogP contribution < -0.4 is 0 Å². The second-order valence-corrected chi connectivity index (χ2v) is 9.11. The number of hydrogen-bond donors (Lipinski definition) is 0. The molecule has 22 heavy (non-hydrogen) atoms. The molecule has 2 saturated heterocycles. The maximum atomic E-state index is 12.4. The molecule has 3 heterocycles. The SMILES string of the molecule is O=C(CCCCc1cccs1)N1CCOC2CS(=O)(=O)CC21. The Morgan fingerprint density at radius 3 is 3.00 bits per heavy atom. The minimum atomic E-state index is -3.07. The van der Waals surface area contributed by atoms with Crippen molar-refractivity contribution in [3.63, 3.8) is 0 Å². The van der Waals surface area contributed by atoms with Gasteiger partial charge in [0.1, 0.15) is 0 Å². The summed E-state index contributed by atoms with van der Waals surface area (Å²) in [7, 11) is -3.07. The second-order valence-electron chi connectivity index (χ2n) is 5.93. The van der Waals surface area contributed by atoms with E-state index in [1.807, 2.05) is 6.07 Å². The van der Waals surface area contributed by atoms with Crippen molar-refractivity contribution < 1.29 is 17.9 Å². The molecular formula is C15H21NO4S2. The third-order valence-electron chi connectivity index (χ3n) is 4.30. The Labute approximate surface area is 135 Å². The van der Waals surface area contributed by atoms with E-state index < -0.39 is 9.84 Å². The first-order chi connectivity index (χ1) is 10.6. The number of hydrogen-bond acceptors (Lipinski definition) is 5. The molecule has 2 unspecified atom stereocenters. The highest BCUT2D eigenvalue weighted by Gasteiger charge is 2.45. The number of sulfone groups is 1. The van der Waals surface area contributed by atoms with E-state index in [0.717, 1.165) is 19.3 Å². The molecule has 0 aliphatic carbocycles. The summed E-state index contributed by atoms with van der Waals surface area (Å²) in [6.07, 6.45) is 3.01. The van der Waals surface area contributed by atoms with Crippen LogP contribution in [0.2, 0.25) is 0 Å². The molecule has 5 nitrogen and oxygen atoms in total. The Bertz CT molecular complexity index is 611. The first kappa shape index (κ1) is 16.0. The minimum Gasteiger partial charge on any atom is -0.373 e. The van der Waals surface area contributed by atoms with E-state index in [1.54, 1.807) is 16.2 Å². The van der Waals surface area contributed by atoms with Crippen molar-refractivity contribution in [2.24, 2.45) is 0 Å². The molecule has 0 saturated carbocycles. The van der Waals surface area contributed by atoms with Gasteiger partial charge in [0.15, 0.2) is 9.84 Å². The van der Waals surface area contributed by atoms with Crippen molar-refractivity contribution in [1.82, 2.24) is 4.90 Å². The summed E-state index contributed by atoms with van der Waals surface area (Å²) in [6.45, 7) is 0.956. The zero-order valence-electron chi connectivity index (χ0n) is 12.4. The van der Waals surface area contributed by atoms with Crippen LogP contribution in [0.3, 0.4) is 0 Å². The number of unbranched alkanes of at least 4 members (excludes halogenated alkanes) is 1. The Balaban J connectivity index is 1.49. The lowest BCUT2D eigenvalue weighted by molar-refractivity contribution is -0.142. The van der Waals surface area contributed by atoms with Crippen LogP contribution in [-0.4, -0.2) is 56.0 Å². The summed E-state index contributed by atoms with van der Waals surface area (Å²) in [6, 6.07) is 3.88. The number of morpholine rings is 1. The summed E-state index contributed by atoms with van der Waals surface area (Å²) in [5.74, 6) is 0.180. The van der Waals surface area contributed by atoms with Gasteiger partial charge in [-0.25, -0.2) is 8.42 Å². The normalized spacial score (nSPS) is 26.8. The van der Waals surface area contributed by atoms with Gasteiger partial charge in [-0.15, -0.1) is 11.3 Å². The zero-order valence-corrected chi connectivity index (χ0v) is 14.1. The number of rotatable bonds is 5. The van der Waals surface area contributed by atoms with E-state index in [4.69, 9.17) is 4.74 Å². The number of aryl methyl sites for hydroxylation is 1. The van der Waals surface area contributed by atoms with Crippen LogP contribution in [0.1, 0.15) is 24.1 Å². The molecule has 0 radical (unpaired) electrons. The first-order valence-electron chi connectivity index (χ1n) is 7.69. The number of amides is 1. The number of nitrogens with zero attached hydrogens (tertiary/aromatic N) is 1. The monoisotopic (exact) mass is 343 g/mol. The van der Waals surface area contributed by atoms with Gasteiger partial charge in [-0.2, -0.15) is 0 Å². The maximum Gasteiger partial charge on any atom is 0.223 e. The van der Waals surface area contributed by atoms with Gasteiger partial charge < -0.3 is 9.64 Å². The van der Waals surface area contributed by atoms with Gasteiger partial charge in [-0.05, 0) is 30.7 Å². The van der Waals surface area contributed by atoms with E-state index in [2.05, 4.69) is 11.4 Å². The fraction of sp³-hybridized carbons (Fsp3) is 0.667. The van der Waals surface area contributed by atoms with Crippen molar-refractivity contribution in [2.45, 2.75) is 37.8 Å². The highest BCUT2D eigenvalue weighted by Crippen LogP contribution is 2.25. The van der Waals surface area contributed by atoms with Crippen molar-refractivity contribution in [3.8, 4) is 0 Å². The quantitative estimate of drug-likeness (QED) is 0.760. The van der Waals surface area contributed by atoms with E-state index in [9.17, 15) is 13.2 Å². The Morgan fingerprint density at radius 2 is 2.23 bits per heavy atom. The average molecular weight is 343 g/mol. The van der Waals surface area contributed by atoms with Crippen LogP contribution in [-0.2, 0) is 25.8 Å². The van der Waals surface area contributed by atoms with E-state index in [1.165, 1.54) is 4.88 Å². The molecule has 0 N–H and O–H groups in total. The van der Waals surface area contributed by atoms with E-state index >= 15 is 0 Å². The standard InChI is InChI=1S/C15H21NO4S2/c17-15(6-2-1-4-12-5-3-9-21-12)16-7-8-20-14-11-22(18,19)10-13(14)16/h3,5,9,13-14H,1-2,4,6-8,10-11H2. The smallest absolute Gasteiger partial charge is 0.223 e. The van der Waals surface area contributed by atoms with Gasteiger partial charge in [0.25, 0.3) is 0 Å². The van der Waals surface area contributed by atoms with Gasteiger partial charge in [-0.3, -0.25) is 4.79 Å². The summed E-state index contributed by atoms with van der Waals surface area (Å²) in [5, 5.41) is 2.06. The highest BCUT2D eigenvalue weighted by molar-refractivity contribution is 7.91. The lowest BCUT2D eigenvalue weighted by atomic mass is 10.1. The lowest BCUT2D eigenvalue weighted by Gasteiger charge is -2.36. The second kappa shape index (κ2) is 6.68. The molecule has 2 fully saturated rings. The molecule has 0 aromatic carbocycles. The van der Waals surface area contributed by atoms with Gasteiger partial charge >= 0.3 is 0 Å². The molecule has 0 spiro atoms. The van der Waals surface area contributed by atoms with E-state index in [-0.39, 0.29) is 29.6 Å². The summed E-state index contributed by atoms with van der Waals surface area (Å²) in [5.41, 5.74) is 0. The average Bonchev–Trinajstić information content (AvgIpc) is 3.08. The Kier molecular flexibility index (Phi) is 4.84. The molecule has 2 aliphatic rings. The van der Waals surface area contributed by atoms with Crippen LogP contribution in [0.4, 0.5) is 0 Å². The number of fused-ring (bicyclic) bond motifs is 1. The van der Waals surface area contributed by atoms with Gasteiger partial charge in [0.05, 0.1) is 30.3 Å². The molecule has 7 heteroatoms. The molecule has 2 aliphatic heterocycles. The van der Waals surface area contributed by atoms with Gasteiger partial charge in [-0.1, -0.05) is 6.07 Å². The first-order valence-corrected chi connectivity index (χ1v) is 10.4. The van der Waals surface area contributed by atoms with Crippen molar-refractivity contribution >= 4 is 27.1 Å². The van der Waals surface area contributed by atoms with Crippen molar-refractivity contribution in [2.75, 3.05) is 24.7 Å². The number of thiophene rings is 1. The van der Waals surface area contributed by atoms with Gasteiger partial charge in [0, 0.05) is 17.8 Å². The molecule has 2 atom stereocenters. The molecule has 3 rings (SSSR count). The van der Waals surface area contributed by atoms with Crippen molar-refractivity contribution in [1.29, 1.82) is 0 Å². The minimum absolute atomic E-state index is 0.0542. The van der Waals surface area contributed by atoms with Crippen LogP contribution in [0.15, 0.2) is 17.5 Å². The molecule has 0 bridgehead atoms. The van der Waals surface area contributed by atoms with E-state index in [0.29, 0.717) is 19.6 Å². The molecule has 1 aromatic rings. The summed E-state index contributed by atoms with van der Waals surface area (Å²) in [4.78, 5) is 15.5. The van der Waals surface area contributed by atoms with Crippen LogP contribution >= 0.6 is 11.3 Å². The largest absolute Gasteiger partial charge is 0.373 e. The predicted molar refractivity (Wildman–Crippen MR) is 85.8 cm³/mol. The van der Waals surface area contributed by atoms with Crippen LogP contribution in [0, 0.1) is 0 Å². The summed E-state index contributed by atoms with van der Waals surface area (Å²) >= 11 is 1.74. The van der Waals surface area contributed by atoms with Crippen molar-refractivity contribution in [3.05, 3.63) is 22.4 Å². The van der Waals surface area contributed by atoms with Crippen LogP contribution in [0.5, 0.6) is 0 Å². The number of carbonyl (C=O) groups is 1. The third-order valence-corrected chi connectivity index (χ3v) is 6.92. The number of carbonyl (C=O) groups excluding carboxylic acids is 1. The zero-order chi connectivity index (χ0) is 15.6. The summed E-state index contributed by atoms with van der Waals surface area (Å²) < 4.78 is 29.0. The fourth-order valence-corrected chi connectivity index (χ4v) is 5.82. The molecular weight excluding hydrogens is 322 g/mol. The molecule has 1 aromatic heterocycles. The predicted octanol–water partition coefficient (Wildman–Crippen LogP) is 1.49.